The van der Waals surface area contributed by atoms with Gasteiger partial charge in [-0.15, -0.1) is 0 Å². The number of amides is 1. The highest BCUT2D eigenvalue weighted by atomic mass is 16.2. The summed E-state index contributed by atoms with van der Waals surface area (Å²) in [5.74, 6) is 0.136. The molecule has 20 heavy (non-hydrogen) atoms. The topological polar surface area (TPSA) is 46.1 Å². The first kappa shape index (κ1) is 15.1. The number of hydrogen-bond acceptors (Lipinski definition) is 2. The van der Waals surface area contributed by atoms with Gasteiger partial charge in [0.05, 0.1) is 0 Å². The van der Waals surface area contributed by atoms with Gasteiger partial charge < -0.3 is 15.2 Å². The highest BCUT2D eigenvalue weighted by Gasteiger charge is 2.18. The maximum absolute atomic E-state index is 12.1. The van der Waals surface area contributed by atoms with Gasteiger partial charge in [0.1, 0.15) is 6.54 Å². The molecule has 0 radical (unpaired) electrons. The van der Waals surface area contributed by atoms with E-state index in [0.717, 1.165) is 25.8 Å². The number of nitrogens with zero attached hydrogens (tertiary/aromatic N) is 1. The minimum atomic E-state index is 0.136. The Kier molecular flexibility index (Phi) is 5.65. The molecule has 0 aromatic carbocycles. The van der Waals surface area contributed by atoms with Crippen LogP contribution < -0.4 is 10.6 Å². The third-order valence-electron chi connectivity index (χ3n) is 4.04. The van der Waals surface area contributed by atoms with E-state index in [4.69, 9.17) is 0 Å². The Labute approximate surface area is 121 Å². The van der Waals surface area contributed by atoms with Crippen LogP contribution in [0.3, 0.4) is 0 Å². The van der Waals surface area contributed by atoms with Gasteiger partial charge >= 0.3 is 0 Å². The lowest BCUT2D eigenvalue weighted by molar-refractivity contribution is -0.122. The summed E-state index contributed by atoms with van der Waals surface area (Å²) in [6.07, 6.45) is 7.88. The first-order valence-electron chi connectivity index (χ1n) is 7.88. The molecule has 1 aliphatic rings. The molecule has 0 aliphatic heterocycles. The smallest absolute Gasteiger partial charge is 0.240 e. The second-order valence-electron chi connectivity index (χ2n) is 5.79. The van der Waals surface area contributed by atoms with Crippen molar-refractivity contribution < 1.29 is 4.79 Å². The number of carbonyl (C=O) groups is 1. The number of rotatable bonds is 7. The third-order valence-corrected chi connectivity index (χ3v) is 4.04. The van der Waals surface area contributed by atoms with Gasteiger partial charge in [0, 0.05) is 24.0 Å². The average molecular weight is 277 g/mol. The molecule has 0 bridgehead atoms. The molecule has 1 aromatic heterocycles. The van der Waals surface area contributed by atoms with Crippen molar-refractivity contribution in [2.75, 3.05) is 6.54 Å². The van der Waals surface area contributed by atoms with Crippen molar-refractivity contribution in [3.8, 4) is 0 Å². The maximum atomic E-state index is 12.1. The fraction of sp³-hybridized carbons (Fsp3) is 0.688. The zero-order chi connectivity index (χ0) is 14.4. The summed E-state index contributed by atoms with van der Waals surface area (Å²) in [5.41, 5.74) is 1.18. The molecule has 1 heterocycles. The summed E-state index contributed by atoms with van der Waals surface area (Å²) in [4.78, 5) is 12.1. The molecule has 4 nitrogen and oxygen atoms in total. The van der Waals surface area contributed by atoms with Crippen molar-refractivity contribution in [3.05, 3.63) is 24.0 Å². The number of hydrogen-bond donors (Lipinski definition) is 2. The Morgan fingerprint density at radius 1 is 1.45 bits per heavy atom. The molecule has 112 valence electrons. The summed E-state index contributed by atoms with van der Waals surface area (Å²) >= 11 is 0. The fourth-order valence-electron chi connectivity index (χ4n) is 2.93. The molecule has 1 aromatic rings. The van der Waals surface area contributed by atoms with Crippen LogP contribution in [0.15, 0.2) is 18.3 Å². The fourth-order valence-corrected chi connectivity index (χ4v) is 2.93. The van der Waals surface area contributed by atoms with Crippen LogP contribution in [0.4, 0.5) is 0 Å². The van der Waals surface area contributed by atoms with Gasteiger partial charge in [-0.3, -0.25) is 4.79 Å². The zero-order valence-electron chi connectivity index (χ0n) is 12.7. The Morgan fingerprint density at radius 2 is 2.20 bits per heavy atom. The van der Waals surface area contributed by atoms with Crippen molar-refractivity contribution in [2.45, 2.75) is 64.6 Å². The van der Waals surface area contributed by atoms with Gasteiger partial charge in [0.25, 0.3) is 0 Å². The Morgan fingerprint density at radius 3 is 2.90 bits per heavy atom. The van der Waals surface area contributed by atoms with E-state index in [0.29, 0.717) is 12.6 Å². The highest BCUT2D eigenvalue weighted by molar-refractivity contribution is 5.76. The first-order chi connectivity index (χ1) is 9.70. The molecule has 1 amide bonds. The summed E-state index contributed by atoms with van der Waals surface area (Å²) in [6, 6.07) is 4.79. The van der Waals surface area contributed by atoms with E-state index < -0.39 is 0 Å². The number of carbonyl (C=O) groups excluding carboxylic acids is 1. The lowest BCUT2D eigenvalue weighted by Gasteiger charge is -2.18. The van der Waals surface area contributed by atoms with Crippen LogP contribution >= 0.6 is 0 Å². The van der Waals surface area contributed by atoms with Gasteiger partial charge in [0.2, 0.25) is 5.91 Å². The van der Waals surface area contributed by atoms with Gasteiger partial charge in [-0.2, -0.15) is 0 Å². The molecule has 1 aliphatic carbocycles. The van der Waals surface area contributed by atoms with E-state index in [2.05, 4.69) is 35.1 Å². The number of aromatic nitrogens is 1. The Balaban J connectivity index is 1.88. The van der Waals surface area contributed by atoms with Crippen LogP contribution in [0.1, 0.15) is 57.7 Å². The highest BCUT2D eigenvalue weighted by Crippen LogP contribution is 2.18. The normalized spacial score (nSPS) is 17.3. The molecule has 1 fully saturated rings. The van der Waals surface area contributed by atoms with Crippen LogP contribution in [0.25, 0.3) is 0 Å². The molecule has 1 saturated carbocycles. The van der Waals surface area contributed by atoms with Gasteiger partial charge in [-0.1, -0.05) is 19.8 Å². The summed E-state index contributed by atoms with van der Waals surface area (Å²) in [5, 5.41) is 6.62. The van der Waals surface area contributed by atoms with E-state index in [1.807, 2.05) is 12.3 Å². The average Bonchev–Trinajstić information content (AvgIpc) is 3.07. The van der Waals surface area contributed by atoms with Gasteiger partial charge in [-0.05, 0) is 44.9 Å². The molecule has 2 rings (SSSR count). The minimum absolute atomic E-state index is 0.136. The van der Waals surface area contributed by atoms with Crippen LogP contribution in [0.2, 0.25) is 0 Å². The lowest BCUT2D eigenvalue weighted by Crippen LogP contribution is -2.35. The largest absolute Gasteiger partial charge is 0.352 e. The van der Waals surface area contributed by atoms with Crippen LogP contribution in [0.5, 0.6) is 0 Å². The molecule has 2 N–H and O–H groups in total. The second-order valence-corrected chi connectivity index (χ2v) is 5.79. The molecule has 0 saturated heterocycles. The van der Waals surface area contributed by atoms with Crippen molar-refractivity contribution in [2.24, 2.45) is 0 Å². The van der Waals surface area contributed by atoms with E-state index >= 15 is 0 Å². The molecule has 0 spiro atoms. The van der Waals surface area contributed by atoms with Crippen LogP contribution in [-0.4, -0.2) is 23.1 Å². The molecule has 1 unspecified atom stereocenters. The SMILES string of the molecule is CCCNC(C)c1cccn1CC(=O)NC1CCCC1. The summed E-state index contributed by atoms with van der Waals surface area (Å²) in [7, 11) is 0. The van der Waals surface area contributed by atoms with E-state index in [9.17, 15) is 4.79 Å². The lowest BCUT2D eigenvalue weighted by atomic mass is 10.2. The van der Waals surface area contributed by atoms with E-state index in [1.54, 1.807) is 0 Å². The second kappa shape index (κ2) is 7.48. The van der Waals surface area contributed by atoms with Gasteiger partial charge in [0.15, 0.2) is 0 Å². The predicted molar refractivity (Wildman–Crippen MR) is 81.5 cm³/mol. The van der Waals surface area contributed by atoms with Crippen molar-refractivity contribution in [3.63, 3.8) is 0 Å². The minimum Gasteiger partial charge on any atom is -0.352 e. The predicted octanol–water partition coefficient (Wildman–Crippen LogP) is 2.61. The standard InChI is InChI=1S/C16H27N3O/c1-3-10-17-13(2)15-9-6-11-19(15)12-16(20)18-14-7-4-5-8-14/h6,9,11,13-14,17H,3-5,7-8,10,12H2,1-2H3,(H,18,20). The van der Waals surface area contributed by atoms with Gasteiger partial charge in [-0.25, -0.2) is 0 Å². The summed E-state index contributed by atoms with van der Waals surface area (Å²) in [6.45, 7) is 5.74. The number of nitrogens with one attached hydrogen (secondary N) is 2. The summed E-state index contributed by atoms with van der Waals surface area (Å²) < 4.78 is 2.05. The maximum Gasteiger partial charge on any atom is 0.240 e. The molecule has 4 heteroatoms. The third kappa shape index (κ3) is 4.10. The molecular weight excluding hydrogens is 250 g/mol. The Hall–Kier alpha value is -1.29. The monoisotopic (exact) mass is 277 g/mol. The van der Waals surface area contributed by atoms with Crippen molar-refractivity contribution in [1.29, 1.82) is 0 Å². The van der Waals surface area contributed by atoms with E-state index in [-0.39, 0.29) is 11.9 Å². The quantitative estimate of drug-likeness (QED) is 0.805. The van der Waals surface area contributed by atoms with Crippen molar-refractivity contribution >= 4 is 5.91 Å². The van der Waals surface area contributed by atoms with Crippen molar-refractivity contribution in [1.82, 2.24) is 15.2 Å². The van der Waals surface area contributed by atoms with E-state index in [1.165, 1.54) is 18.5 Å². The molecule has 1 atom stereocenters. The van der Waals surface area contributed by atoms with Crippen LogP contribution in [-0.2, 0) is 11.3 Å². The van der Waals surface area contributed by atoms with Crippen LogP contribution in [0, 0.1) is 0 Å². The Bertz CT molecular complexity index is 421. The zero-order valence-corrected chi connectivity index (χ0v) is 12.7. The molecular formula is C16H27N3O. The first-order valence-corrected chi connectivity index (χ1v) is 7.88.